The van der Waals surface area contributed by atoms with Crippen LogP contribution in [0.15, 0.2) is 28.6 Å². The second-order valence-electron chi connectivity index (χ2n) is 6.90. The van der Waals surface area contributed by atoms with Gasteiger partial charge in [-0.05, 0) is 31.4 Å². The van der Waals surface area contributed by atoms with Crippen molar-refractivity contribution in [3.63, 3.8) is 0 Å². The molecule has 0 radical (unpaired) electrons. The third kappa shape index (κ3) is 2.28. The molecule has 3 aliphatic rings. The summed E-state index contributed by atoms with van der Waals surface area (Å²) in [6.45, 7) is 1.71. The highest BCUT2D eigenvalue weighted by Crippen LogP contribution is 2.49. The van der Waals surface area contributed by atoms with E-state index in [0.29, 0.717) is 19.3 Å². The molecule has 3 heterocycles. The molecule has 1 aromatic rings. The first kappa shape index (κ1) is 14.5. The summed E-state index contributed by atoms with van der Waals surface area (Å²) in [4.78, 5) is 15.0. The third-order valence-electron chi connectivity index (χ3n) is 5.66. The normalized spacial score (nSPS) is 22.3. The van der Waals surface area contributed by atoms with Crippen LogP contribution in [0.4, 0.5) is 0 Å². The summed E-state index contributed by atoms with van der Waals surface area (Å²) >= 11 is 0. The summed E-state index contributed by atoms with van der Waals surface area (Å²) in [5.74, 6) is 2.88. The van der Waals surface area contributed by atoms with Crippen molar-refractivity contribution in [3.8, 4) is 12.3 Å². The number of nitrogens with zero attached hydrogens (tertiary/aromatic N) is 4. The Hall–Kier alpha value is -2.09. The Labute approximate surface area is 136 Å². The number of hydrogen-bond acceptors (Lipinski definition) is 3. The van der Waals surface area contributed by atoms with Crippen LogP contribution in [-0.2, 0) is 16.9 Å². The van der Waals surface area contributed by atoms with Crippen molar-refractivity contribution in [3.05, 3.63) is 24.0 Å². The second kappa shape index (κ2) is 5.23. The van der Waals surface area contributed by atoms with E-state index in [-0.39, 0.29) is 17.1 Å². The fourth-order valence-electron chi connectivity index (χ4n) is 4.10. The van der Waals surface area contributed by atoms with Crippen molar-refractivity contribution in [1.82, 2.24) is 9.47 Å². The predicted molar refractivity (Wildman–Crippen MR) is 86.6 cm³/mol. The molecule has 0 atom stereocenters. The Morgan fingerprint density at radius 3 is 2.78 bits per heavy atom. The van der Waals surface area contributed by atoms with Crippen LogP contribution in [-0.4, -0.2) is 27.6 Å². The number of terminal acetylenes is 1. The molecule has 23 heavy (non-hydrogen) atoms. The lowest BCUT2D eigenvalue weighted by atomic mass is 9.71. The summed E-state index contributed by atoms with van der Waals surface area (Å²) < 4.78 is 2.31. The van der Waals surface area contributed by atoms with Gasteiger partial charge in [0, 0.05) is 50.7 Å². The molecule has 1 aliphatic carbocycles. The zero-order valence-corrected chi connectivity index (χ0v) is 13.4. The number of hydrogen-bond donors (Lipinski definition) is 0. The molecule has 4 rings (SSSR count). The molecule has 5 nitrogen and oxygen atoms in total. The van der Waals surface area contributed by atoms with E-state index in [1.54, 1.807) is 0 Å². The van der Waals surface area contributed by atoms with E-state index >= 15 is 0 Å². The van der Waals surface area contributed by atoms with Crippen molar-refractivity contribution in [2.24, 2.45) is 10.2 Å². The van der Waals surface area contributed by atoms with Gasteiger partial charge in [0.15, 0.2) is 5.66 Å². The highest BCUT2D eigenvalue weighted by Gasteiger charge is 2.50. The van der Waals surface area contributed by atoms with Crippen molar-refractivity contribution in [2.45, 2.75) is 62.7 Å². The fourth-order valence-corrected chi connectivity index (χ4v) is 4.10. The first-order valence-electron chi connectivity index (χ1n) is 8.53. The molecule has 0 aromatic carbocycles. The van der Waals surface area contributed by atoms with Gasteiger partial charge in [0.2, 0.25) is 5.91 Å². The molecule has 1 fully saturated rings. The van der Waals surface area contributed by atoms with E-state index in [9.17, 15) is 4.79 Å². The first-order chi connectivity index (χ1) is 11.2. The highest BCUT2D eigenvalue weighted by molar-refractivity contribution is 5.78. The minimum absolute atomic E-state index is 0.0529. The molecule has 0 bridgehead atoms. The van der Waals surface area contributed by atoms with Crippen LogP contribution in [0.1, 0.15) is 50.6 Å². The van der Waals surface area contributed by atoms with Gasteiger partial charge in [-0.3, -0.25) is 4.79 Å². The summed E-state index contributed by atoms with van der Waals surface area (Å²) in [5, 5.41) is 8.28. The molecule has 0 unspecified atom stereocenters. The van der Waals surface area contributed by atoms with Gasteiger partial charge in [0.1, 0.15) is 0 Å². The molecule has 1 saturated carbocycles. The van der Waals surface area contributed by atoms with E-state index in [0.717, 1.165) is 32.4 Å². The van der Waals surface area contributed by atoms with Gasteiger partial charge in [0.05, 0.1) is 5.54 Å². The van der Waals surface area contributed by atoms with Gasteiger partial charge >= 0.3 is 0 Å². The highest BCUT2D eigenvalue weighted by atomic mass is 16.2. The fraction of sp³-hybridized carbons (Fsp3) is 0.611. The largest absolute Gasteiger partial charge is 0.348 e. The number of carbonyl (C=O) groups is 1. The van der Waals surface area contributed by atoms with E-state index in [1.165, 1.54) is 12.1 Å². The number of fused-ring (bicyclic) bond motifs is 2. The maximum atomic E-state index is 12.9. The standard InChI is InChI=1S/C18H22N4O/c1-2-3-10-18(19-20-18)11-7-16(23)22-14-13-21-12-4-6-15(21)17(22)8-5-9-17/h1,4,6,12H,3,5,7-11,13-14H2. The topological polar surface area (TPSA) is 50.0 Å². The van der Waals surface area contributed by atoms with Crippen LogP contribution < -0.4 is 0 Å². The summed E-state index contributed by atoms with van der Waals surface area (Å²) in [6.07, 6.45) is 13.5. The van der Waals surface area contributed by atoms with E-state index in [2.05, 4.69) is 43.9 Å². The zero-order valence-electron chi connectivity index (χ0n) is 13.4. The third-order valence-corrected chi connectivity index (χ3v) is 5.66. The Bertz CT molecular complexity index is 686. The lowest BCUT2D eigenvalue weighted by Gasteiger charge is -2.53. The minimum Gasteiger partial charge on any atom is -0.348 e. The summed E-state index contributed by atoms with van der Waals surface area (Å²) in [7, 11) is 0. The monoisotopic (exact) mass is 310 g/mol. The molecule has 0 saturated heterocycles. The molecule has 1 aromatic heterocycles. The van der Waals surface area contributed by atoms with Gasteiger partial charge < -0.3 is 9.47 Å². The SMILES string of the molecule is C#CCCC1(CCC(=O)N2CCn3cccc3C23CCC3)N=N1. The average Bonchev–Trinajstić information content (AvgIpc) is 3.13. The molecule has 5 heteroatoms. The smallest absolute Gasteiger partial charge is 0.223 e. The van der Waals surface area contributed by atoms with Crippen LogP contribution in [0.5, 0.6) is 0 Å². The van der Waals surface area contributed by atoms with Crippen molar-refractivity contribution in [1.29, 1.82) is 0 Å². The van der Waals surface area contributed by atoms with Gasteiger partial charge in [0.25, 0.3) is 0 Å². The van der Waals surface area contributed by atoms with Gasteiger partial charge in [-0.25, -0.2) is 0 Å². The Balaban J connectivity index is 1.44. The average molecular weight is 310 g/mol. The molecule has 1 spiro atoms. The van der Waals surface area contributed by atoms with Gasteiger partial charge in [-0.15, -0.1) is 12.3 Å². The molecular weight excluding hydrogens is 288 g/mol. The number of amides is 1. The number of aromatic nitrogens is 1. The van der Waals surface area contributed by atoms with Crippen molar-refractivity contribution < 1.29 is 4.79 Å². The van der Waals surface area contributed by atoms with Crippen LogP contribution in [0.25, 0.3) is 0 Å². The molecular formula is C18H22N4O. The Kier molecular flexibility index (Phi) is 3.29. The number of carbonyl (C=O) groups excluding carboxylic acids is 1. The summed E-state index contributed by atoms with van der Waals surface area (Å²) in [6, 6.07) is 4.28. The van der Waals surface area contributed by atoms with Crippen LogP contribution in [0.3, 0.4) is 0 Å². The molecule has 2 aliphatic heterocycles. The molecule has 120 valence electrons. The maximum absolute atomic E-state index is 12.9. The predicted octanol–water partition coefficient (Wildman–Crippen LogP) is 3.07. The minimum atomic E-state index is -0.356. The lowest BCUT2D eigenvalue weighted by molar-refractivity contribution is -0.145. The zero-order chi connectivity index (χ0) is 15.9. The molecule has 1 amide bonds. The van der Waals surface area contributed by atoms with Crippen molar-refractivity contribution >= 4 is 5.91 Å². The summed E-state index contributed by atoms with van der Waals surface area (Å²) in [5.41, 5.74) is 0.902. The van der Waals surface area contributed by atoms with Crippen molar-refractivity contribution in [2.75, 3.05) is 6.54 Å². The Morgan fingerprint density at radius 1 is 1.30 bits per heavy atom. The van der Waals surface area contributed by atoms with Crippen LogP contribution in [0, 0.1) is 12.3 Å². The second-order valence-corrected chi connectivity index (χ2v) is 6.90. The lowest BCUT2D eigenvalue weighted by Crippen LogP contribution is -2.58. The van der Waals surface area contributed by atoms with Gasteiger partial charge in [-0.1, -0.05) is 0 Å². The van der Waals surface area contributed by atoms with E-state index in [4.69, 9.17) is 6.42 Å². The first-order valence-corrected chi connectivity index (χ1v) is 8.53. The number of rotatable bonds is 5. The quantitative estimate of drug-likeness (QED) is 0.771. The van der Waals surface area contributed by atoms with E-state index < -0.39 is 0 Å². The van der Waals surface area contributed by atoms with Crippen LogP contribution >= 0.6 is 0 Å². The van der Waals surface area contributed by atoms with Gasteiger partial charge in [-0.2, -0.15) is 10.2 Å². The molecule has 0 N–H and O–H groups in total. The van der Waals surface area contributed by atoms with E-state index in [1.807, 2.05) is 0 Å². The Morgan fingerprint density at radius 2 is 2.13 bits per heavy atom. The van der Waals surface area contributed by atoms with Crippen LogP contribution in [0.2, 0.25) is 0 Å². The maximum Gasteiger partial charge on any atom is 0.223 e.